The Balaban J connectivity index is 1.86. The van der Waals surface area contributed by atoms with E-state index in [0.717, 1.165) is 12.8 Å². The third kappa shape index (κ3) is 3.79. The van der Waals surface area contributed by atoms with Crippen molar-refractivity contribution in [3.05, 3.63) is 71.3 Å². The van der Waals surface area contributed by atoms with Crippen molar-refractivity contribution in [2.75, 3.05) is 0 Å². The quantitative estimate of drug-likeness (QED) is 0.757. The van der Waals surface area contributed by atoms with Gasteiger partial charge in [0.25, 0.3) is 0 Å². The first kappa shape index (κ1) is 13.0. The van der Waals surface area contributed by atoms with E-state index < -0.39 is 0 Å². The van der Waals surface area contributed by atoms with Crippen molar-refractivity contribution < 1.29 is 4.79 Å². The van der Waals surface area contributed by atoms with Gasteiger partial charge < -0.3 is 0 Å². The Kier molecular flexibility index (Phi) is 4.47. The van der Waals surface area contributed by atoms with Crippen LogP contribution < -0.4 is 0 Å². The maximum atomic E-state index is 12.0. The van der Waals surface area contributed by atoms with E-state index in [0.29, 0.717) is 17.5 Å². The Hall–Kier alpha value is -2.40. The molecule has 0 aromatic heterocycles. The second-order valence-electron chi connectivity index (χ2n) is 4.45. The van der Waals surface area contributed by atoms with Crippen LogP contribution in [0, 0.1) is 11.3 Å². The summed E-state index contributed by atoms with van der Waals surface area (Å²) < 4.78 is 0. The maximum Gasteiger partial charge on any atom is 0.162 e. The number of carbonyl (C=O) groups is 1. The van der Waals surface area contributed by atoms with E-state index >= 15 is 0 Å². The van der Waals surface area contributed by atoms with Crippen LogP contribution in [-0.4, -0.2) is 5.78 Å². The van der Waals surface area contributed by atoms with Crippen molar-refractivity contribution in [1.29, 1.82) is 5.26 Å². The molecule has 0 aliphatic heterocycles. The molecule has 0 saturated heterocycles. The molecule has 0 spiro atoms. The average Bonchev–Trinajstić information content (AvgIpc) is 2.48. The zero-order valence-electron chi connectivity index (χ0n) is 10.7. The predicted octanol–water partition coefficient (Wildman–Crippen LogP) is 3.76. The zero-order valence-corrected chi connectivity index (χ0v) is 10.7. The number of Topliss-reactive ketones (excluding diaryl/α,β-unsaturated/α-hetero) is 1. The molecular formula is C17H15NO. The van der Waals surface area contributed by atoms with Crippen LogP contribution in [0.5, 0.6) is 0 Å². The summed E-state index contributed by atoms with van der Waals surface area (Å²) in [5.74, 6) is 0.139. The minimum atomic E-state index is 0.139. The smallest absolute Gasteiger partial charge is 0.162 e. The van der Waals surface area contributed by atoms with E-state index in [9.17, 15) is 4.79 Å². The first-order valence-electron chi connectivity index (χ1n) is 6.37. The lowest BCUT2D eigenvalue weighted by atomic mass is 10.0. The Bertz CT molecular complexity index is 579. The SMILES string of the molecule is N#Cc1ccc(C(=O)CCCc2ccccc2)cc1. The van der Waals surface area contributed by atoms with E-state index in [2.05, 4.69) is 12.1 Å². The molecule has 0 heterocycles. The van der Waals surface area contributed by atoms with Crippen LogP contribution in [0.3, 0.4) is 0 Å². The Morgan fingerprint density at radius 1 is 1.00 bits per heavy atom. The molecule has 0 aliphatic rings. The summed E-state index contributed by atoms with van der Waals surface area (Å²) in [5, 5.41) is 8.70. The molecule has 2 heteroatoms. The number of nitriles is 1. The van der Waals surface area contributed by atoms with Crippen LogP contribution in [0.1, 0.15) is 34.3 Å². The number of nitrogens with zero attached hydrogens (tertiary/aromatic N) is 1. The largest absolute Gasteiger partial charge is 0.294 e. The van der Waals surface area contributed by atoms with Gasteiger partial charge in [0.2, 0.25) is 0 Å². The molecule has 0 saturated carbocycles. The topological polar surface area (TPSA) is 40.9 Å². The van der Waals surface area contributed by atoms with Gasteiger partial charge in [-0.3, -0.25) is 4.79 Å². The molecule has 0 N–H and O–H groups in total. The van der Waals surface area contributed by atoms with Crippen molar-refractivity contribution in [3.8, 4) is 6.07 Å². The summed E-state index contributed by atoms with van der Waals surface area (Å²) in [4.78, 5) is 12.0. The van der Waals surface area contributed by atoms with Crippen molar-refractivity contribution >= 4 is 5.78 Å². The van der Waals surface area contributed by atoms with Gasteiger partial charge in [-0.1, -0.05) is 42.5 Å². The highest BCUT2D eigenvalue weighted by Gasteiger charge is 2.05. The maximum absolute atomic E-state index is 12.0. The number of rotatable bonds is 5. The average molecular weight is 249 g/mol. The highest BCUT2D eigenvalue weighted by molar-refractivity contribution is 5.96. The van der Waals surface area contributed by atoms with Crippen LogP contribution in [-0.2, 0) is 6.42 Å². The number of carbonyl (C=O) groups excluding carboxylic acids is 1. The Morgan fingerprint density at radius 2 is 1.68 bits per heavy atom. The van der Waals surface area contributed by atoms with E-state index in [4.69, 9.17) is 5.26 Å². The van der Waals surface area contributed by atoms with Crippen LogP contribution >= 0.6 is 0 Å². The van der Waals surface area contributed by atoms with E-state index in [1.54, 1.807) is 24.3 Å². The summed E-state index contributed by atoms with van der Waals surface area (Å²) in [7, 11) is 0. The number of aryl methyl sites for hydroxylation is 1. The molecule has 0 atom stereocenters. The van der Waals surface area contributed by atoms with Crippen LogP contribution in [0.2, 0.25) is 0 Å². The Labute approximate surface area is 113 Å². The molecule has 2 aromatic rings. The summed E-state index contributed by atoms with van der Waals surface area (Å²) in [5.41, 5.74) is 2.53. The van der Waals surface area contributed by atoms with E-state index in [1.165, 1.54) is 5.56 Å². The highest BCUT2D eigenvalue weighted by Crippen LogP contribution is 2.10. The fourth-order valence-corrected chi connectivity index (χ4v) is 1.97. The molecule has 0 unspecified atom stereocenters. The fraction of sp³-hybridized carbons (Fsp3) is 0.176. The molecule has 2 nitrogen and oxygen atoms in total. The van der Waals surface area contributed by atoms with Crippen molar-refractivity contribution in [3.63, 3.8) is 0 Å². The van der Waals surface area contributed by atoms with Gasteiger partial charge in [-0.25, -0.2) is 0 Å². The predicted molar refractivity (Wildman–Crippen MR) is 74.9 cm³/mol. The van der Waals surface area contributed by atoms with E-state index in [-0.39, 0.29) is 5.78 Å². The number of hydrogen-bond donors (Lipinski definition) is 0. The number of hydrogen-bond acceptors (Lipinski definition) is 2. The standard InChI is InChI=1S/C17H15NO/c18-13-15-9-11-16(12-10-15)17(19)8-4-7-14-5-2-1-3-6-14/h1-3,5-6,9-12H,4,7-8H2. The third-order valence-electron chi connectivity index (χ3n) is 3.05. The number of ketones is 1. The van der Waals surface area contributed by atoms with Crippen molar-refractivity contribution in [2.24, 2.45) is 0 Å². The molecule has 0 bridgehead atoms. The van der Waals surface area contributed by atoms with Gasteiger partial charge >= 0.3 is 0 Å². The lowest BCUT2D eigenvalue weighted by Gasteiger charge is -2.02. The molecule has 0 amide bonds. The summed E-state index contributed by atoms with van der Waals surface area (Å²) >= 11 is 0. The molecule has 0 aliphatic carbocycles. The molecule has 0 radical (unpaired) electrons. The first-order valence-corrected chi connectivity index (χ1v) is 6.37. The molecule has 0 fully saturated rings. The van der Waals surface area contributed by atoms with Gasteiger partial charge in [-0.05, 0) is 30.5 Å². The second kappa shape index (κ2) is 6.51. The molecule has 19 heavy (non-hydrogen) atoms. The monoisotopic (exact) mass is 249 g/mol. The molecule has 94 valence electrons. The highest BCUT2D eigenvalue weighted by atomic mass is 16.1. The van der Waals surface area contributed by atoms with E-state index in [1.807, 2.05) is 24.3 Å². The van der Waals surface area contributed by atoms with Crippen molar-refractivity contribution in [2.45, 2.75) is 19.3 Å². The third-order valence-corrected chi connectivity index (χ3v) is 3.05. The lowest BCUT2D eigenvalue weighted by molar-refractivity contribution is 0.0980. The second-order valence-corrected chi connectivity index (χ2v) is 4.45. The summed E-state index contributed by atoms with van der Waals surface area (Å²) in [6.45, 7) is 0. The van der Waals surface area contributed by atoms with Gasteiger partial charge in [-0.15, -0.1) is 0 Å². The minimum absolute atomic E-state index is 0.139. The molecular weight excluding hydrogens is 234 g/mol. The molecule has 2 rings (SSSR count). The van der Waals surface area contributed by atoms with Gasteiger partial charge in [0, 0.05) is 12.0 Å². The fourth-order valence-electron chi connectivity index (χ4n) is 1.97. The van der Waals surface area contributed by atoms with Gasteiger partial charge in [0.15, 0.2) is 5.78 Å². The number of benzene rings is 2. The minimum Gasteiger partial charge on any atom is -0.294 e. The van der Waals surface area contributed by atoms with Crippen LogP contribution in [0.25, 0.3) is 0 Å². The normalized spacial score (nSPS) is 9.84. The van der Waals surface area contributed by atoms with Gasteiger partial charge in [0.1, 0.15) is 0 Å². The Morgan fingerprint density at radius 3 is 2.32 bits per heavy atom. The van der Waals surface area contributed by atoms with Gasteiger partial charge in [0.05, 0.1) is 11.6 Å². The van der Waals surface area contributed by atoms with Gasteiger partial charge in [-0.2, -0.15) is 5.26 Å². The van der Waals surface area contributed by atoms with Crippen LogP contribution in [0.15, 0.2) is 54.6 Å². The first-order chi connectivity index (χ1) is 9.29. The van der Waals surface area contributed by atoms with Crippen LogP contribution in [0.4, 0.5) is 0 Å². The summed E-state index contributed by atoms with van der Waals surface area (Å²) in [6.07, 6.45) is 2.31. The summed E-state index contributed by atoms with van der Waals surface area (Å²) in [6, 6.07) is 19.0. The lowest BCUT2D eigenvalue weighted by Crippen LogP contribution is -2.00. The molecule has 2 aromatic carbocycles. The van der Waals surface area contributed by atoms with Crippen molar-refractivity contribution in [1.82, 2.24) is 0 Å². The zero-order chi connectivity index (χ0) is 13.5.